The van der Waals surface area contributed by atoms with Crippen molar-refractivity contribution >= 4 is 11.6 Å². The molecule has 0 aliphatic carbocycles. The Morgan fingerprint density at radius 2 is 2.10 bits per heavy atom. The first-order valence-corrected chi connectivity index (χ1v) is 7.55. The van der Waals surface area contributed by atoms with Crippen LogP contribution in [0.2, 0.25) is 0 Å². The summed E-state index contributed by atoms with van der Waals surface area (Å²) in [4.78, 5) is 13.2. The number of carbonyl (C=O) groups is 1. The van der Waals surface area contributed by atoms with E-state index in [0.717, 1.165) is 38.0 Å². The summed E-state index contributed by atoms with van der Waals surface area (Å²) in [5, 5.41) is 13.2. The minimum absolute atomic E-state index is 0.0346. The Labute approximate surface area is 126 Å². The van der Waals surface area contributed by atoms with Crippen LogP contribution in [-0.2, 0) is 4.79 Å². The number of nitrogen functional groups attached to an aromatic ring is 1. The topological polar surface area (TPSA) is 78.6 Å². The SMILES string of the molecule is CC(=O)NCC1CCN(CC(O)c2ccccc2N)CC1. The van der Waals surface area contributed by atoms with E-state index in [2.05, 4.69) is 10.2 Å². The lowest BCUT2D eigenvalue weighted by Gasteiger charge is -2.33. The lowest BCUT2D eigenvalue weighted by molar-refractivity contribution is -0.119. The van der Waals surface area contributed by atoms with E-state index in [0.29, 0.717) is 18.2 Å². The molecule has 1 heterocycles. The Morgan fingerprint density at radius 3 is 2.71 bits per heavy atom. The number of likely N-dealkylation sites (tertiary alicyclic amines) is 1. The molecule has 1 atom stereocenters. The van der Waals surface area contributed by atoms with Gasteiger partial charge < -0.3 is 21.1 Å². The van der Waals surface area contributed by atoms with E-state index in [-0.39, 0.29) is 5.91 Å². The summed E-state index contributed by atoms with van der Waals surface area (Å²) in [6.45, 7) is 4.83. The molecule has 1 aromatic carbocycles. The summed E-state index contributed by atoms with van der Waals surface area (Å²) in [5.41, 5.74) is 7.35. The molecule has 1 aliphatic rings. The third kappa shape index (κ3) is 4.72. The molecule has 1 fully saturated rings. The van der Waals surface area contributed by atoms with Crippen LogP contribution >= 0.6 is 0 Å². The number of benzene rings is 1. The number of amides is 1. The van der Waals surface area contributed by atoms with E-state index in [1.807, 2.05) is 24.3 Å². The molecule has 21 heavy (non-hydrogen) atoms. The number of anilines is 1. The Balaban J connectivity index is 1.78. The van der Waals surface area contributed by atoms with Crippen molar-refractivity contribution in [3.63, 3.8) is 0 Å². The van der Waals surface area contributed by atoms with Gasteiger partial charge in [-0.2, -0.15) is 0 Å². The first-order chi connectivity index (χ1) is 10.1. The number of carbonyl (C=O) groups excluding carboxylic acids is 1. The van der Waals surface area contributed by atoms with Crippen molar-refractivity contribution in [2.45, 2.75) is 25.9 Å². The lowest BCUT2D eigenvalue weighted by atomic mass is 9.96. The Hall–Kier alpha value is -1.59. The quantitative estimate of drug-likeness (QED) is 0.711. The van der Waals surface area contributed by atoms with Gasteiger partial charge in [0.1, 0.15) is 0 Å². The molecular formula is C16H25N3O2. The van der Waals surface area contributed by atoms with Gasteiger partial charge in [0.25, 0.3) is 0 Å². The minimum Gasteiger partial charge on any atom is -0.398 e. The fourth-order valence-electron chi connectivity index (χ4n) is 2.82. The van der Waals surface area contributed by atoms with Crippen molar-refractivity contribution in [1.29, 1.82) is 0 Å². The van der Waals surface area contributed by atoms with Crippen LogP contribution in [0.15, 0.2) is 24.3 Å². The van der Waals surface area contributed by atoms with Crippen molar-refractivity contribution < 1.29 is 9.90 Å². The van der Waals surface area contributed by atoms with Crippen LogP contribution in [0.3, 0.4) is 0 Å². The highest BCUT2D eigenvalue weighted by atomic mass is 16.3. The maximum Gasteiger partial charge on any atom is 0.216 e. The van der Waals surface area contributed by atoms with Crippen molar-refractivity contribution in [2.75, 3.05) is 31.9 Å². The Bertz CT molecular complexity index is 470. The average Bonchev–Trinajstić information content (AvgIpc) is 2.47. The number of aliphatic hydroxyl groups is 1. The van der Waals surface area contributed by atoms with E-state index in [9.17, 15) is 9.90 Å². The number of nitrogens with two attached hydrogens (primary N) is 1. The van der Waals surface area contributed by atoms with Crippen LogP contribution in [0, 0.1) is 5.92 Å². The smallest absolute Gasteiger partial charge is 0.216 e. The van der Waals surface area contributed by atoms with E-state index in [1.165, 1.54) is 0 Å². The van der Waals surface area contributed by atoms with Crippen LogP contribution in [0.25, 0.3) is 0 Å². The number of β-amino-alcohol motifs (C(OH)–C–C–N with tert-alkyl or cyclic N) is 1. The van der Waals surface area contributed by atoms with Gasteiger partial charge in [-0.25, -0.2) is 0 Å². The highest BCUT2D eigenvalue weighted by molar-refractivity contribution is 5.72. The normalized spacial score (nSPS) is 18.4. The summed E-state index contributed by atoms with van der Waals surface area (Å²) in [7, 11) is 0. The molecule has 0 saturated carbocycles. The largest absolute Gasteiger partial charge is 0.398 e. The highest BCUT2D eigenvalue weighted by Gasteiger charge is 2.22. The van der Waals surface area contributed by atoms with Crippen molar-refractivity contribution in [3.05, 3.63) is 29.8 Å². The number of para-hydroxylation sites is 1. The standard InChI is InChI=1S/C16H25N3O2/c1-12(20)18-10-13-6-8-19(9-7-13)11-16(21)14-4-2-3-5-15(14)17/h2-5,13,16,21H,6-11,17H2,1H3,(H,18,20). The van der Waals surface area contributed by atoms with Gasteiger partial charge >= 0.3 is 0 Å². The molecule has 1 aliphatic heterocycles. The molecule has 0 spiro atoms. The number of aliphatic hydroxyl groups excluding tert-OH is 1. The molecule has 5 nitrogen and oxygen atoms in total. The van der Waals surface area contributed by atoms with E-state index in [1.54, 1.807) is 6.92 Å². The second-order valence-electron chi connectivity index (χ2n) is 5.83. The van der Waals surface area contributed by atoms with Gasteiger partial charge in [-0.15, -0.1) is 0 Å². The number of rotatable bonds is 5. The third-order valence-corrected chi connectivity index (χ3v) is 4.13. The number of nitrogens with zero attached hydrogens (tertiary/aromatic N) is 1. The second kappa shape index (κ2) is 7.43. The first-order valence-electron chi connectivity index (χ1n) is 7.55. The predicted octanol–water partition coefficient (Wildman–Crippen LogP) is 1.15. The predicted molar refractivity (Wildman–Crippen MR) is 83.7 cm³/mol. The second-order valence-corrected chi connectivity index (χ2v) is 5.83. The minimum atomic E-state index is -0.543. The van der Waals surface area contributed by atoms with E-state index < -0.39 is 6.10 Å². The van der Waals surface area contributed by atoms with Gasteiger partial charge in [0.15, 0.2) is 0 Å². The molecule has 0 bridgehead atoms. The molecule has 5 heteroatoms. The molecule has 1 aromatic rings. The van der Waals surface area contributed by atoms with Crippen LogP contribution in [0.1, 0.15) is 31.4 Å². The Morgan fingerprint density at radius 1 is 1.43 bits per heavy atom. The average molecular weight is 291 g/mol. The maximum absolute atomic E-state index is 10.9. The van der Waals surface area contributed by atoms with Crippen molar-refractivity contribution in [1.82, 2.24) is 10.2 Å². The van der Waals surface area contributed by atoms with Crippen LogP contribution in [0.4, 0.5) is 5.69 Å². The van der Waals surface area contributed by atoms with Crippen LogP contribution in [0.5, 0.6) is 0 Å². The molecule has 116 valence electrons. The summed E-state index contributed by atoms with van der Waals surface area (Å²) in [6.07, 6.45) is 1.56. The summed E-state index contributed by atoms with van der Waals surface area (Å²) in [5.74, 6) is 0.580. The molecule has 0 radical (unpaired) electrons. The zero-order valence-corrected chi connectivity index (χ0v) is 12.6. The summed E-state index contributed by atoms with van der Waals surface area (Å²) >= 11 is 0. The number of nitrogens with one attached hydrogen (secondary N) is 1. The van der Waals surface area contributed by atoms with Gasteiger partial charge in [-0.3, -0.25) is 4.79 Å². The number of hydrogen-bond donors (Lipinski definition) is 3. The van der Waals surface area contributed by atoms with Gasteiger partial charge in [0.05, 0.1) is 6.10 Å². The van der Waals surface area contributed by atoms with Gasteiger partial charge in [-0.05, 0) is 37.9 Å². The van der Waals surface area contributed by atoms with Crippen LogP contribution in [-0.4, -0.2) is 42.1 Å². The maximum atomic E-state index is 10.9. The van der Waals surface area contributed by atoms with Gasteiger partial charge in [0.2, 0.25) is 5.91 Å². The monoisotopic (exact) mass is 291 g/mol. The van der Waals surface area contributed by atoms with Gasteiger partial charge in [0, 0.05) is 31.3 Å². The highest BCUT2D eigenvalue weighted by Crippen LogP contribution is 2.23. The fraction of sp³-hybridized carbons (Fsp3) is 0.562. The summed E-state index contributed by atoms with van der Waals surface area (Å²) < 4.78 is 0. The van der Waals surface area contributed by atoms with E-state index >= 15 is 0 Å². The fourth-order valence-corrected chi connectivity index (χ4v) is 2.82. The summed E-state index contributed by atoms with van der Waals surface area (Å²) in [6, 6.07) is 7.47. The molecule has 2 rings (SSSR count). The molecular weight excluding hydrogens is 266 g/mol. The van der Waals surface area contributed by atoms with Crippen molar-refractivity contribution in [3.8, 4) is 0 Å². The van der Waals surface area contributed by atoms with Gasteiger partial charge in [-0.1, -0.05) is 18.2 Å². The lowest BCUT2D eigenvalue weighted by Crippen LogP contribution is -2.40. The molecule has 4 N–H and O–H groups in total. The van der Waals surface area contributed by atoms with E-state index in [4.69, 9.17) is 5.73 Å². The first kappa shape index (κ1) is 15.8. The molecule has 0 aromatic heterocycles. The zero-order valence-electron chi connectivity index (χ0n) is 12.6. The molecule has 1 amide bonds. The number of hydrogen-bond acceptors (Lipinski definition) is 4. The molecule has 1 unspecified atom stereocenters. The number of piperidine rings is 1. The molecule has 1 saturated heterocycles. The third-order valence-electron chi connectivity index (χ3n) is 4.13. The Kier molecular flexibility index (Phi) is 5.59. The van der Waals surface area contributed by atoms with Crippen LogP contribution < -0.4 is 11.1 Å². The van der Waals surface area contributed by atoms with Crippen molar-refractivity contribution in [2.24, 2.45) is 5.92 Å². The zero-order chi connectivity index (χ0) is 15.2.